The number of halogens is 3. The Bertz CT molecular complexity index is 954. The Morgan fingerprint density at radius 1 is 1.03 bits per heavy atom. The van der Waals surface area contributed by atoms with Crippen LogP contribution in [0, 0.1) is 0 Å². The van der Waals surface area contributed by atoms with Crippen LogP contribution in [0.5, 0.6) is 0 Å². The molecule has 0 radical (unpaired) electrons. The normalized spacial score (nSPS) is 16.8. The van der Waals surface area contributed by atoms with Crippen molar-refractivity contribution in [3.8, 4) is 11.4 Å². The van der Waals surface area contributed by atoms with Gasteiger partial charge in [0.25, 0.3) is 0 Å². The SMILES string of the molecule is CC(c1nc(-c2cccc(C(F)(F)F)c2)no1)N1CCN(c2ncccn2)CC1. The highest BCUT2D eigenvalue weighted by Crippen LogP contribution is 2.32. The summed E-state index contributed by atoms with van der Waals surface area (Å²) in [6.45, 7) is 4.95. The van der Waals surface area contributed by atoms with Crippen molar-refractivity contribution in [3.63, 3.8) is 0 Å². The number of piperazine rings is 1. The lowest BCUT2D eigenvalue weighted by atomic mass is 10.1. The molecule has 1 aromatic carbocycles. The van der Waals surface area contributed by atoms with Crippen molar-refractivity contribution in [1.82, 2.24) is 25.0 Å². The molecule has 1 saturated heterocycles. The zero-order valence-corrected chi connectivity index (χ0v) is 15.7. The van der Waals surface area contributed by atoms with Gasteiger partial charge in [0.05, 0.1) is 11.6 Å². The van der Waals surface area contributed by atoms with Crippen molar-refractivity contribution in [1.29, 1.82) is 0 Å². The summed E-state index contributed by atoms with van der Waals surface area (Å²) in [6.07, 6.45) is -0.992. The second-order valence-electron chi connectivity index (χ2n) is 6.78. The quantitative estimate of drug-likeness (QED) is 0.660. The number of alkyl halides is 3. The van der Waals surface area contributed by atoms with E-state index in [-0.39, 0.29) is 17.4 Å². The van der Waals surface area contributed by atoms with Gasteiger partial charge in [0.1, 0.15) is 0 Å². The smallest absolute Gasteiger partial charge is 0.338 e. The lowest BCUT2D eigenvalue weighted by molar-refractivity contribution is -0.137. The third kappa shape index (κ3) is 4.21. The summed E-state index contributed by atoms with van der Waals surface area (Å²) < 4.78 is 44.1. The average molecular weight is 404 g/mol. The van der Waals surface area contributed by atoms with Crippen LogP contribution in [0.3, 0.4) is 0 Å². The number of aromatic nitrogens is 4. The van der Waals surface area contributed by atoms with Crippen LogP contribution in [-0.4, -0.2) is 51.2 Å². The van der Waals surface area contributed by atoms with Gasteiger partial charge in [-0.3, -0.25) is 4.90 Å². The Kier molecular flexibility index (Phi) is 5.18. The largest absolute Gasteiger partial charge is 0.416 e. The van der Waals surface area contributed by atoms with E-state index in [9.17, 15) is 13.2 Å². The van der Waals surface area contributed by atoms with E-state index in [2.05, 4.69) is 29.9 Å². The third-order valence-electron chi connectivity index (χ3n) is 4.94. The Morgan fingerprint density at radius 2 is 1.76 bits per heavy atom. The molecule has 1 unspecified atom stereocenters. The maximum Gasteiger partial charge on any atom is 0.416 e. The third-order valence-corrected chi connectivity index (χ3v) is 4.94. The maximum atomic E-state index is 12.9. The van der Waals surface area contributed by atoms with Gasteiger partial charge in [0.15, 0.2) is 0 Å². The Labute approximate surface area is 165 Å². The summed E-state index contributed by atoms with van der Waals surface area (Å²) >= 11 is 0. The van der Waals surface area contributed by atoms with Gasteiger partial charge in [0, 0.05) is 44.1 Å². The topological polar surface area (TPSA) is 71.2 Å². The van der Waals surface area contributed by atoms with Crippen molar-refractivity contribution in [2.75, 3.05) is 31.1 Å². The molecule has 3 aromatic rings. The molecule has 29 heavy (non-hydrogen) atoms. The van der Waals surface area contributed by atoms with Crippen LogP contribution in [-0.2, 0) is 6.18 Å². The van der Waals surface area contributed by atoms with Gasteiger partial charge in [-0.1, -0.05) is 17.3 Å². The van der Waals surface area contributed by atoms with E-state index < -0.39 is 11.7 Å². The Morgan fingerprint density at radius 3 is 2.45 bits per heavy atom. The minimum atomic E-state index is -4.42. The number of rotatable bonds is 4. The monoisotopic (exact) mass is 404 g/mol. The van der Waals surface area contributed by atoms with Crippen LogP contribution in [0.15, 0.2) is 47.2 Å². The van der Waals surface area contributed by atoms with E-state index >= 15 is 0 Å². The zero-order chi connectivity index (χ0) is 20.4. The van der Waals surface area contributed by atoms with Gasteiger partial charge >= 0.3 is 6.18 Å². The van der Waals surface area contributed by atoms with Gasteiger partial charge in [-0.25, -0.2) is 9.97 Å². The summed E-state index contributed by atoms with van der Waals surface area (Å²) in [4.78, 5) is 17.2. The van der Waals surface area contributed by atoms with Crippen LogP contribution in [0.1, 0.15) is 24.4 Å². The molecule has 2 aromatic heterocycles. The van der Waals surface area contributed by atoms with E-state index in [4.69, 9.17) is 4.52 Å². The van der Waals surface area contributed by atoms with Crippen molar-refractivity contribution < 1.29 is 17.7 Å². The Balaban J connectivity index is 1.44. The molecule has 0 aliphatic carbocycles. The highest BCUT2D eigenvalue weighted by Gasteiger charge is 2.31. The molecular weight excluding hydrogens is 385 g/mol. The van der Waals surface area contributed by atoms with Crippen molar-refractivity contribution >= 4 is 5.95 Å². The van der Waals surface area contributed by atoms with Crippen molar-refractivity contribution in [2.45, 2.75) is 19.1 Å². The average Bonchev–Trinajstić information content (AvgIpc) is 3.24. The predicted octanol–water partition coefficient (Wildman–Crippen LogP) is 3.43. The summed E-state index contributed by atoms with van der Waals surface area (Å²) in [6, 6.07) is 6.54. The standard InChI is InChI=1S/C19H19F3N6O/c1-13(27-8-10-28(11-9-27)18-23-6-3-7-24-18)17-25-16(26-29-17)14-4-2-5-15(12-14)19(20,21)22/h2-7,12-13H,8-11H2,1H3. The lowest BCUT2D eigenvalue weighted by Crippen LogP contribution is -2.47. The first-order chi connectivity index (χ1) is 13.9. The summed E-state index contributed by atoms with van der Waals surface area (Å²) in [5, 5.41) is 3.88. The molecule has 0 spiro atoms. The maximum absolute atomic E-state index is 12.9. The number of hydrogen-bond donors (Lipinski definition) is 0. The van der Waals surface area contributed by atoms with E-state index in [1.54, 1.807) is 18.5 Å². The fourth-order valence-electron chi connectivity index (χ4n) is 3.28. The van der Waals surface area contributed by atoms with E-state index in [0.717, 1.165) is 38.3 Å². The number of hydrogen-bond acceptors (Lipinski definition) is 7. The molecule has 0 bridgehead atoms. The van der Waals surface area contributed by atoms with Gasteiger partial charge in [0.2, 0.25) is 17.7 Å². The second-order valence-corrected chi connectivity index (χ2v) is 6.78. The van der Waals surface area contributed by atoms with Crippen LogP contribution >= 0.6 is 0 Å². The molecule has 1 fully saturated rings. The molecule has 7 nitrogen and oxygen atoms in total. The first kappa shape index (κ1) is 19.3. The highest BCUT2D eigenvalue weighted by atomic mass is 19.4. The van der Waals surface area contributed by atoms with Crippen LogP contribution in [0.25, 0.3) is 11.4 Å². The van der Waals surface area contributed by atoms with Gasteiger partial charge in [-0.2, -0.15) is 18.2 Å². The van der Waals surface area contributed by atoms with Crippen LogP contribution in [0.4, 0.5) is 19.1 Å². The van der Waals surface area contributed by atoms with Crippen molar-refractivity contribution in [3.05, 3.63) is 54.2 Å². The first-order valence-corrected chi connectivity index (χ1v) is 9.19. The second kappa shape index (κ2) is 7.78. The molecule has 0 N–H and O–H groups in total. The molecule has 1 aliphatic heterocycles. The first-order valence-electron chi connectivity index (χ1n) is 9.19. The van der Waals surface area contributed by atoms with E-state index in [0.29, 0.717) is 11.8 Å². The molecule has 0 saturated carbocycles. The molecule has 0 amide bonds. The summed E-state index contributed by atoms with van der Waals surface area (Å²) in [7, 11) is 0. The molecule has 10 heteroatoms. The highest BCUT2D eigenvalue weighted by molar-refractivity contribution is 5.55. The summed E-state index contributed by atoms with van der Waals surface area (Å²) in [5.41, 5.74) is -0.471. The Hall–Kier alpha value is -3.01. The number of anilines is 1. The summed E-state index contributed by atoms with van der Waals surface area (Å²) in [5.74, 6) is 1.22. The van der Waals surface area contributed by atoms with E-state index in [1.807, 2.05) is 6.92 Å². The molecule has 1 aliphatic rings. The number of nitrogens with zero attached hydrogens (tertiary/aromatic N) is 6. The molecule has 1 atom stereocenters. The predicted molar refractivity (Wildman–Crippen MR) is 99.0 cm³/mol. The van der Waals surface area contributed by atoms with Crippen molar-refractivity contribution in [2.24, 2.45) is 0 Å². The van der Waals surface area contributed by atoms with Gasteiger partial charge < -0.3 is 9.42 Å². The lowest BCUT2D eigenvalue weighted by Gasteiger charge is -2.36. The number of benzene rings is 1. The van der Waals surface area contributed by atoms with E-state index in [1.165, 1.54) is 12.1 Å². The van der Waals surface area contributed by atoms with Crippen LogP contribution < -0.4 is 4.90 Å². The van der Waals surface area contributed by atoms with Gasteiger partial charge in [-0.05, 0) is 25.1 Å². The van der Waals surface area contributed by atoms with Crippen LogP contribution in [0.2, 0.25) is 0 Å². The fourth-order valence-corrected chi connectivity index (χ4v) is 3.28. The molecule has 3 heterocycles. The molecule has 4 rings (SSSR count). The zero-order valence-electron chi connectivity index (χ0n) is 15.7. The van der Waals surface area contributed by atoms with Gasteiger partial charge in [-0.15, -0.1) is 0 Å². The molecular formula is C19H19F3N6O. The minimum absolute atomic E-state index is 0.147. The fraction of sp³-hybridized carbons (Fsp3) is 0.368. The molecule has 152 valence electrons. The minimum Gasteiger partial charge on any atom is -0.338 e.